The smallest absolute Gasteiger partial charge is 0.227 e. The van der Waals surface area contributed by atoms with Crippen LogP contribution in [0.15, 0.2) is 55.1 Å². The number of rotatable bonds is 5. The van der Waals surface area contributed by atoms with Crippen LogP contribution < -0.4 is 4.74 Å². The molecule has 1 saturated carbocycles. The predicted molar refractivity (Wildman–Crippen MR) is 129 cm³/mol. The number of carbonyl (C=O) groups excluding carboxylic acids is 1. The minimum absolute atomic E-state index is 0.0403. The fraction of sp³-hybridized carbons (Fsp3) is 0.464. The first-order valence-corrected chi connectivity index (χ1v) is 12.3. The summed E-state index contributed by atoms with van der Waals surface area (Å²) in [5.41, 5.74) is 1.48. The van der Waals surface area contributed by atoms with Gasteiger partial charge in [0.1, 0.15) is 6.10 Å². The van der Waals surface area contributed by atoms with Gasteiger partial charge in [0.15, 0.2) is 11.5 Å². The molecule has 2 aromatic carbocycles. The quantitative estimate of drug-likeness (QED) is 0.672. The number of phenolic OH excluding ortho intramolecular Hbond substituents is 1. The standard InChI is InChI=1S/C28H32N2O4/c1-3-14-30-15-13-27-24-19-9-10-21(31)25(24)34-26(27)20(11-12-28(27,33)22(30)17-19)29(2)23(32)16-18-7-5-4-6-8-18/h3-10,20,22,26,31,33H,1,11-17H2,2H3/t20?,22-,26?,27+,28-/m1/s1. The second-order valence-corrected chi connectivity index (χ2v) is 10.4. The number of aliphatic hydroxyl groups is 1. The van der Waals surface area contributed by atoms with Crippen molar-refractivity contribution in [3.63, 3.8) is 0 Å². The monoisotopic (exact) mass is 460 g/mol. The first kappa shape index (κ1) is 21.7. The lowest BCUT2D eigenvalue weighted by Gasteiger charge is -2.64. The van der Waals surface area contributed by atoms with Crippen molar-refractivity contribution in [1.82, 2.24) is 9.80 Å². The highest BCUT2D eigenvalue weighted by molar-refractivity contribution is 5.79. The highest BCUT2D eigenvalue weighted by Crippen LogP contribution is 2.65. The van der Waals surface area contributed by atoms with E-state index in [9.17, 15) is 15.0 Å². The molecular weight excluding hydrogens is 428 g/mol. The van der Waals surface area contributed by atoms with Gasteiger partial charge in [-0.15, -0.1) is 6.58 Å². The van der Waals surface area contributed by atoms with E-state index >= 15 is 0 Å². The summed E-state index contributed by atoms with van der Waals surface area (Å²) in [6.07, 6.45) is 4.53. The third-order valence-corrected chi connectivity index (χ3v) is 8.99. The largest absolute Gasteiger partial charge is 0.504 e. The second-order valence-electron chi connectivity index (χ2n) is 10.4. The predicted octanol–water partition coefficient (Wildman–Crippen LogP) is 2.80. The zero-order valence-corrected chi connectivity index (χ0v) is 19.6. The number of amides is 1. The maximum Gasteiger partial charge on any atom is 0.227 e. The fourth-order valence-electron chi connectivity index (χ4n) is 7.47. The molecule has 2 fully saturated rings. The zero-order valence-electron chi connectivity index (χ0n) is 19.6. The average molecular weight is 461 g/mol. The number of hydrogen-bond donors (Lipinski definition) is 2. The highest BCUT2D eigenvalue weighted by Gasteiger charge is 2.73. The van der Waals surface area contributed by atoms with E-state index in [1.807, 2.05) is 54.4 Å². The summed E-state index contributed by atoms with van der Waals surface area (Å²) in [6, 6.07) is 13.3. The number of likely N-dealkylation sites (N-methyl/N-ethyl adjacent to an activating group) is 1. The maximum absolute atomic E-state index is 13.3. The molecule has 4 aliphatic rings. The molecule has 2 N–H and O–H groups in total. The van der Waals surface area contributed by atoms with E-state index in [4.69, 9.17) is 4.74 Å². The molecule has 2 unspecified atom stereocenters. The van der Waals surface area contributed by atoms with Crippen molar-refractivity contribution in [1.29, 1.82) is 0 Å². The van der Waals surface area contributed by atoms with Crippen LogP contribution >= 0.6 is 0 Å². The van der Waals surface area contributed by atoms with Crippen LogP contribution in [0.3, 0.4) is 0 Å². The molecule has 1 saturated heterocycles. The Morgan fingerprint density at radius 3 is 2.82 bits per heavy atom. The SMILES string of the molecule is C=CCN1CC[C@]23c4c5ccc(O)c4OC2C(N(C)C(=O)Cc2ccccc2)CC[C@@]3(O)[C@H]1C5. The van der Waals surface area contributed by atoms with Crippen molar-refractivity contribution in [2.24, 2.45) is 0 Å². The first-order valence-electron chi connectivity index (χ1n) is 12.3. The van der Waals surface area contributed by atoms with Gasteiger partial charge < -0.3 is 19.8 Å². The molecule has 34 heavy (non-hydrogen) atoms. The molecule has 2 aliphatic carbocycles. The molecule has 1 spiro atoms. The van der Waals surface area contributed by atoms with Crippen molar-refractivity contribution >= 4 is 5.91 Å². The van der Waals surface area contributed by atoms with Gasteiger partial charge in [-0.25, -0.2) is 0 Å². The van der Waals surface area contributed by atoms with Gasteiger partial charge in [-0.05, 0) is 49.4 Å². The van der Waals surface area contributed by atoms with Crippen molar-refractivity contribution in [2.75, 3.05) is 20.1 Å². The summed E-state index contributed by atoms with van der Waals surface area (Å²) in [6.45, 7) is 5.48. The van der Waals surface area contributed by atoms with E-state index in [0.29, 0.717) is 25.0 Å². The number of nitrogens with zero attached hydrogens (tertiary/aromatic N) is 2. The summed E-state index contributed by atoms with van der Waals surface area (Å²) >= 11 is 0. The van der Waals surface area contributed by atoms with Gasteiger partial charge in [-0.3, -0.25) is 9.69 Å². The Morgan fingerprint density at radius 1 is 1.26 bits per heavy atom. The molecule has 178 valence electrons. The van der Waals surface area contributed by atoms with E-state index in [0.717, 1.165) is 42.6 Å². The zero-order chi connectivity index (χ0) is 23.7. The molecule has 2 bridgehead atoms. The molecule has 2 aromatic rings. The van der Waals surface area contributed by atoms with E-state index in [1.165, 1.54) is 0 Å². The van der Waals surface area contributed by atoms with Crippen LogP contribution in [-0.2, 0) is 23.1 Å². The van der Waals surface area contributed by atoms with Crippen LogP contribution in [0.1, 0.15) is 36.0 Å². The molecule has 0 radical (unpaired) electrons. The molecule has 2 aliphatic heterocycles. The Bertz CT molecular complexity index is 1150. The van der Waals surface area contributed by atoms with Crippen LogP contribution in [-0.4, -0.2) is 69.8 Å². The summed E-state index contributed by atoms with van der Waals surface area (Å²) in [4.78, 5) is 17.5. The van der Waals surface area contributed by atoms with Crippen LogP contribution in [0.25, 0.3) is 0 Å². The van der Waals surface area contributed by atoms with Gasteiger partial charge in [0, 0.05) is 25.2 Å². The maximum atomic E-state index is 13.3. The number of ether oxygens (including phenoxy) is 1. The van der Waals surface area contributed by atoms with E-state index in [2.05, 4.69) is 11.5 Å². The molecule has 1 amide bonds. The molecule has 2 heterocycles. The van der Waals surface area contributed by atoms with Crippen LogP contribution in [0.4, 0.5) is 0 Å². The highest BCUT2D eigenvalue weighted by atomic mass is 16.5. The van der Waals surface area contributed by atoms with E-state index in [1.54, 1.807) is 6.07 Å². The van der Waals surface area contributed by atoms with Crippen molar-refractivity contribution < 1.29 is 19.7 Å². The van der Waals surface area contributed by atoms with E-state index in [-0.39, 0.29) is 23.7 Å². The van der Waals surface area contributed by atoms with Gasteiger partial charge >= 0.3 is 0 Å². The number of piperidine rings is 1. The number of benzene rings is 2. The normalized spacial score (nSPS) is 33.1. The molecule has 6 heteroatoms. The average Bonchev–Trinajstić information content (AvgIpc) is 3.18. The lowest BCUT2D eigenvalue weighted by atomic mass is 9.48. The van der Waals surface area contributed by atoms with Gasteiger partial charge in [-0.1, -0.05) is 42.5 Å². The van der Waals surface area contributed by atoms with Crippen molar-refractivity contribution in [3.05, 3.63) is 71.8 Å². The van der Waals surface area contributed by atoms with Gasteiger partial charge in [0.05, 0.1) is 23.5 Å². The lowest BCUT2D eigenvalue weighted by molar-refractivity contribution is -0.198. The summed E-state index contributed by atoms with van der Waals surface area (Å²) in [5, 5.41) is 23.2. The van der Waals surface area contributed by atoms with Crippen molar-refractivity contribution in [3.8, 4) is 11.5 Å². The van der Waals surface area contributed by atoms with Crippen LogP contribution in [0.2, 0.25) is 0 Å². The van der Waals surface area contributed by atoms with E-state index < -0.39 is 17.1 Å². The first-order chi connectivity index (χ1) is 16.4. The summed E-state index contributed by atoms with van der Waals surface area (Å²) in [5.74, 6) is 0.666. The Morgan fingerprint density at radius 2 is 2.06 bits per heavy atom. The Hall–Kier alpha value is -2.83. The number of phenols is 1. The molecule has 5 atom stereocenters. The van der Waals surface area contributed by atoms with Crippen molar-refractivity contribution in [2.45, 2.75) is 61.3 Å². The molecule has 6 nitrogen and oxygen atoms in total. The Labute approximate surface area is 200 Å². The number of hydrogen-bond acceptors (Lipinski definition) is 5. The Kier molecular flexibility index (Phi) is 4.84. The topological polar surface area (TPSA) is 73.2 Å². The second kappa shape index (κ2) is 7.59. The van der Waals surface area contributed by atoms with Crippen LogP contribution in [0, 0.1) is 0 Å². The Balaban J connectivity index is 1.41. The number of aromatic hydroxyl groups is 1. The van der Waals surface area contributed by atoms with Gasteiger partial charge in [0.25, 0.3) is 0 Å². The summed E-state index contributed by atoms with van der Waals surface area (Å²) < 4.78 is 6.56. The number of likely N-dealkylation sites (tertiary alicyclic amines) is 1. The lowest BCUT2D eigenvalue weighted by Crippen LogP contribution is -2.78. The molecular formula is C28H32N2O4. The fourth-order valence-corrected chi connectivity index (χ4v) is 7.47. The van der Waals surface area contributed by atoms with Gasteiger partial charge in [0.2, 0.25) is 5.91 Å². The molecule has 0 aromatic heterocycles. The third kappa shape index (κ3) is 2.72. The molecule has 6 rings (SSSR count). The minimum Gasteiger partial charge on any atom is -0.504 e. The van der Waals surface area contributed by atoms with Gasteiger partial charge in [-0.2, -0.15) is 0 Å². The number of carbonyl (C=O) groups is 1. The minimum atomic E-state index is -0.981. The van der Waals surface area contributed by atoms with Crippen LogP contribution in [0.5, 0.6) is 11.5 Å². The third-order valence-electron chi connectivity index (χ3n) is 8.99. The summed E-state index contributed by atoms with van der Waals surface area (Å²) in [7, 11) is 1.86.